The molecular formula is C15H16N2O2SW. The van der Waals surface area contributed by atoms with E-state index < -0.39 is 0 Å². The fourth-order valence-electron chi connectivity index (χ4n) is 1.92. The Kier molecular flexibility index (Phi) is 5.43. The molecule has 21 heavy (non-hydrogen) atoms. The summed E-state index contributed by atoms with van der Waals surface area (Å²) in [6.07, 6.45) is 4.69. The van der Waals surface area contributed by atoms with Crippen LogP contribution >= 0.6 is 11.3 Å². The third-order valence-electron chi connectivity index (χ3n) is 2.95. The molecule has 0 radical (unpaired) electrons. The zero-order chi connectivity index (χ0) is 15.4. The van der Waals surface area contributed by atoms with Gasteiger partial charge in [-0.25, -0.2) is 0 Å². The number of nitrogens with zero attached hydrogens (tertiary/aromatic N) is 1. The number of allylic oxidation sites excluding steroid dienone is 1. The molecule has 6 heteroatoms. The van der Waals surface area contributed by atoms with Crippen LogP contribution in [0.3, 0.4) is 0 Å². The van der Waals surface area contributed by atoms with Crippen molar-refractivity contribution in [3.05, 3.63) is 33.4 Å². The van der Waals surface area contributed by atoms with Crippen molar-refractivity contribution in [2.45, 2.75) is 20.3 Å². The van der Waals surface area contributed by atoms with Gasteiger partial charge in [0.05, 0.1) is 0 Å². The number of aromatic nitrogens is 2. The summed E-state index contributed by atoms with van der Waals surface area (Å²) in [6.45, 7) is 4.12. The molecule has 2 aromatic heterocycles. The van der Waals surface area contributed by atoms with Gasteiger partial charge in [-0.2, -0.15) is 0 Å². The summed E-state index contributed by atoms with van der Waals surface area (Å²) in [4.78, 5) is 21.1. The summed E-state index contributed by atoms with van der Waals surface area (Å²) < 4.78 is 6.90. The Hall–Kier alpha value is -1.32. The predicted molar refractivity (Wildman–Crippen MR) is 82.3 cm³/mol. The Morgan fingerprint density at radius 3 is 2.95 bits per heavy atom. The topological polar surface area (TPSA) is 55.0 Å². The van der Waals surface area contributed by atoms with Crippen molar-refractivity contribution >= 4 is 27.8 Å². The van der Waals surface area contributed by atoms with E-state index in [4.69, 9.17) is 4.74 Å². The van der Waals surface area contributed by atoms with Crippen LogP contribution in [0.1, 0.15) is 34.2 Å². The van der Waals surface area contributed by atoms with Gasteiger partial charge >= 0.3 is 139 Å². The van der Waals surface area contributed by atoms with Crippen LogP contribution in [-0.4, -0.2) is 27.4 Å². The van der Waals surface area contributed by atoms with Crippen molar-refractivity contribution in [3.63, 3.8) is 0 Å². The zero-order valence-electron chi connectivity index (χ0n) is 12.1. The van der Waals surface area contributed by atoms with Crippen LogP contribution in [0.4, 0.5) is 0 Å². The number of esters is 1. The molecule has 0 aliphatic carbocycles. The molecule has 1 N–H and O–H groups in total. The van der Waals surface area contributed by atoms with E-state index in [1.165, 1.54) is 43.4 Å². The second kappa shape index (κ2) is 7.10. The first-order chi connectivity index (χ1) is 10.1. The number of hydrogen-bond donors (Lipinski definition) is 1. The number of imidazole rings is 1. The molecular weight excluding hydrogens is 456 g/mol. The van der Waals surface area contributed by atoms with Crippen LogP contribution in [0.2, 0.25) is 0 Å². The van der Waals surface area contributed by atoms with E-state index in [9.17, 15) is 4.79 Å². The molecule has 0 aromatic carbocycles. The number of hydrogen-bond acceptors (Lipinski definition) is 4. The molecule has 0 amide bonds. The molecule has 0 saturated heterocycles. The molecule has 0 atom stereocenters. The van der Waals surface area contributed by atoms with E-state index >= 15 is 0 Å². The quantitative estimate of drug-likeness (QED) is 0.681. The average molecular weight is 472 g/mol. The molecule has 0 fully saturated rings. The van der Waals surface area contributed by atoms with Crippen molar-refractivity contribution in [3.8, 4) is 11.3 Å². The molecule has 4 nitrogen and oxygen atoms in total. The number of carbonyl (C=O) groups excluding carboxylic acids is 1. The number of rotatable bonds is 5. The molecule has 0 aliphatic heterocycles. The van der Waals surface area contributed by atoms with Gasteiger partial charge in [-0.05, 0) is 0 Å². The Morgan fingerprint density at radius 2 is 2.33 bits per heavy atom. The Morgan fingerprint density at radius 1 is 1.57 bits per heavy atom. The van der Waals surface area contributed by atoms with Gasteiger partial charge in [0, 0.05) is 0 Å². The van der Waals surface area contributed by atoms with E-state index in [0.29, 0.717) is 4.88 Å². The first kappa shape index (κ1) is 16.1. The van der Waals surface area contributed by atoms with Crippen LogP contribution in [0.25, 0.3) is 17.3 Å². The van der Waals surface area contributed by atoms with Crippen molar-refractivity contribution < 1.29 is 28.9 Å². The van der Waals surface area contributed by atoms with Crippen molar-refractivity contribution in [2.75, 3.05) is 7.11 Å². The number of thiophene rings is 1. The van der Waals surface area contributed by atoms with Crippen LogP contribution in [0.15, 0.2) is 17.8 Å². The van der Waals surface area contributed by atoms with Crippen molar-refractivity contribution in [1.29, 1.82) is 0 Å². The Bertz CT molecular complexity index is 700. The maximum atomic E-state index is 11.7. The minimum absolute atomic E-state index is 0.292. The zero-order valence-corrected chi connectivity index (χ0v) is 15.8. The Balaban J connectivity index is 2.40. The van der Waals surface area contributed by atoms with E-state index in [1.807, 2.05) is 25.3 Å². The van der Waals surface area contributed by atoms with Gasteiger partial charge in [0.2, 0.25) is 0 Å². The Labute approximate surface area is 138 Å². The van der Waals surface area contributed by atoms with Gasteiger partial charge in [0.1, 0.15) is 0 Å². The summed E-state index contributed by atoms with van der Waals surface area (Å²) in [6, 6.07) is 1.87. The molecule has 0 aliphatic rings. The molecule has 2 aromatic rings. The molecule has 0 unspecified atom stereocenters. The SMILES string of the molecule is CCc1sc(C(=O)OC)cc1-c1cnc(/C=C(/C)[CH]=[W])[nH]1. The number of aryl methyl sites for hydroxylation is 1. The van der Waals surface area contributed by atoms with E-state index in [2.05, 4.69) is 21.3 Å². The molecule has 2 rings (SSSR count). The van der Waals surface area contributed by atoms with Gasteiger partial charge in [-0.1, -0.05) is 0 Å². The number of H-pyrrole nitrogens is 1. The normalized spacial score (nSPS) is 11.5. The van der Waals surface area contributed by atoms with E-state index in [0.717, 1.165) is 28.4 Å². The second-order valence-electron chi connectivity index (χ2n) is 4.48. The molecule has 0 saturated carbocycles. The van der Waals surface area contributed by atoms with Crippen LogP contribution in [0, 0.1) is 0 Å². The van der Waals surface area contributed by atoms with Gasteiger partial charge in [0.25, 0.3) is 0 Å². The maximum absolute atomic E-state index is 11.7. The summed E-state index contributed by atoms with van der Waals surface area (Å²) in [5, 5.41) is 0. The monoisotopic (exact) mass is 472 g/mol. The van der Waals surface area contributed by atoms with Crippen LogP contribution in [-0.2, 0) is 30.5 Å². The summed E-state index contributed by atoms with van der Waals surface area (Å²) in [5.74, 6) is 0.535. The van der Waals surface area contributed by atoms with Crippen molar-refractivity contribution in [2.24, 2.45) is 0 Å². The fraction of sp³-hybridized carbons (Fsp3) is 0.267. The number of ether oxygens (including phenoxy) is 1. The van der Waals surface area contributed by atoms with Gasteiger partial charge in [-0.3, -0.25) is 0 Å². The number of aromatic amines is 1. The average Bonchev–Trinajstić information content (AvgIpc) is 3.12. The molecule has 110 valence electrons. The first-order valence-corrected chi connectivity index (χ1v) is 9.00. The molecule has 0 spiro atoms. The minimum atomic E-state index is -0.292. The third-order valence-corrected chi connectivity index (χ3v) is 5.55. The van der Waals surface area contributed by atoms with Crippen LogP contribution in [0.5, 0.6) is 0 Å². The number of nitrogens with one attached hydrogen (secondary N) is 1. The first-order valence-electron chi connectivity index (χ1n) is 6.48. The van der Waals surface area contributed by atoms with Gasteiger partial charge < -0.3 is 0 Å². The summed E-state index contributed by atoms with van der Waals surface area (Å²) in [5.41, 5.74) is 3.14. The standard InChI is InChI=1S/C15H16N2O2S.W/c1-5-12-10(7-13(20-12)15(18)19-4)11-8-16-14(17-11)6-9(2)3;/h2,6-8H,5H2,1,3-4H3,(H,16,17);/b9-6+;. The number of carbonyl (C=O) groups is 1. The number of methoxy groups -OCH3 is 1. The molecule has 2 heterocycles. The van der Waals surface area contributed by atoms with Gasteiger partial charge in [-0.15, -0.1) is 0 Å². The third kappa shape index (κ3) is 3.66. The molecule has 0 bridgehead atoms. The van der Waals surface area contributed by atoms with E-state index in [1.54, 1.807) is 0 Å². The predicted octanol–water partition coefficient (Wildman–Crippen LogP) is 3.24. The van der Waals surface area contributed by atoms with Crippen LogP contribution < -0.4 is 0 Å². The van der Waals surface area contributed by atoms with E-state index in [-0.39, 0.29) is 5.97 Å². The van der Waals surface area contributed by atoms with Crippen molar-refractivity contribution in [1.82, 2.24) is 9.97 Å². The fourth-order valence-corrected chi connectivity index (χ4v) is 3.19. The summed E-state index contributed by atoms with van der Waals surface area (Å²) >= 11 is 2.89. The second-order valence-corrected chi connectivity index (χ2v) is 6.46. The van der Waals surface area contributed by atoms with Gasteiger partial charge in [0.15, 0.2) is 0 Å². The summed E-state index contributed by atoms with van der Waals surface area (Å²) in [7, 11) is 1.40.